The first-order valence-corrected chi connectivity index (χ1v) is 8.14. The van der Waals surface area contributed by atoms with E-state index in [4.69, 9.17) is 0 Å². The average Bonchev–Trinajstić information content (AvgIpc) is 3.16. The van der Waals surface area contributed by atoms with Gasteiger partial charge in [-0.1, -0.05) is 18.2 Å². The standard InChI is InChI=1S/C17H16N3S/c1-2-7-20(6-1)11-13-4-3-5-14(8-13)16-9-15-17(21-16)10-18-12-19-15/h3-5,8-9,12H,1-2,6-7,11H2. The van der Waals surface area contributed by atoms with E-state index in [0.717, 1.165) is 16.8 Å². The highest BCUT2D eigenvalue weighted by atomic mass is 32.1. The van der Waals surface area contributed by atoms with Crippen LogP contribution in [0.3, 0.4) is 0 Å². The molecule has 105 valence electrons. The Balaban J connectivity index is 1.64. The van der Waals surface area contributed by atoms with Gasteiger partial charge in [0.1, 0.15) is 12.5 Å². The highest BCUT2D eigenvalue weighted by molar-refractivity contribution is 7.22. The summed E-state index contributed by atoms with van der Waals surface area (Å²) in [4.78, 5) is 12.0. The molecule has 1 radical (unpaired) electrons. The van der Waals surface area contributed by atoms with E-state index in [-0.39, 0.29) is 0 Å². The summed E-state index contributed by atoms with van der Waals surface area (Å²) in [5.74, 6) is 0. The molecule has 4 heteroatoms. The number of likely N-dealkylation sites (tertiary alicyclic amines) is 1. The van der Waals surface area contributed by atoms with Gasteiger partial charge in [-0.05, 0) is 49.2 Å². The second kappa shape index (κ2) is 5.54. The summed E-state index contributed by atoms with van der Waals surface area (Å²) in [5.41, 5.74) is 3.64. The summed E-state index contributed by atoms with van der Waals surface area (Å²) in [7, 11) is 0. The molecule has 0 saturated carbocycles. The summed E-state index contributed by atoms with van der Waals surface area (Å²) in [6.45, 7) is 3.53. The maximum atomic E-state index is 4.29. The molecule has 3 nitrogen and oxygen atoms in total. The molecule has 21 heavy (non-hydrogen) atoms. The number of benzene rings is 1. The topological polar surface area (TPSA) is 29.0 Å². The van der Waals surface area contributed by atoms with E-state index in [0.29, 0.717) is 0 Å². The van der Waals surface area contributed by atoms with Crippen molar-refractivity contribution in [2.75, 3.05) is 13.1 Å². The Hall–Kier alpha value is -1.78. The third-order valence-electron chi connectivity index (χ3n) is 3.95. The summed E-state index contributed by atoms with van der Waals surface area (Å²) in [6.07, 6.45) is 7.25. The van der Waals surface area contributed by atoms with Crippen LogP contribution in [-0.4, -0.2) is 28.0 Å². The van der Waals surface area contributed by atoms with E-state index in [9.17, 15) is 0 Å². The molecule has 0 aliphatic carbocycles. The van der Waals surface area contributed by atoms with E-state index in [1.807, 2.05) is 0 Å². The molecule has 3 aromatic rings. The molecule has 0 bridgehead atoms. The Morgan fingerprint density at radius 3 is 2.95 bits per heavy atom. The maximum absolute atomic E-state index is 4.29. The normalized spacial score (nSPS) is 15.8. The van der Waals surface area contributed by atoms with Gasteiger partial charge in [0.15, 0.2) is 0 Å². The van der Waals surface area contributed by atoms with Crippen LogP contribution in [0.25, 0.3) is 20.7 Å². The van der Waals surface area contributed by atoms with Gasteiger partial charge >= 0.3 is 0 Å². The first-order chi connectivity index (χ1) is 10.4. The molecule has 0 spiro atoms. The number of rotatable bonds is 3. The van der Waals surface area contributed by atoms with Crippen LogP contribution < -0.4 is 0 Å². The summed E-state index contributed by atoms with van der Waals surface area (Å²) in [5, 5.41) is 0. The van der Waals surface area contributed by atoms with Crippen LogP contribution in [0, 0.1) is 6.20 Å². The molecule has 0 N–H and O–H groups in total. The molecule has 0 atom stereocenters. The van der Waals surface area contributed by atoms with Crippen molar-refractivity contribution in [1.82, 2.24) is 14.9 Å². The lowest BCUT2D eigenvalue weighted by Crippen LogP contribution is -2.18. The molecule has 1 aromatic carbocycles. The number of nitrogens with zero attached hydrogens (tertiary/aromatic N) is 3. The van der Waals surface area contributed by atoms with Gasteiger partial charge < -0.3 is 0 Å². The van der Waals surface area contributed by atoms with Crippen molar-refractivity contribution in [3.05, 3.63) is 48.4 Å². The van der Waals surface area contributed by atoms with E-state index in [2.05, 4.69) is 51.4 Å². The van der Waals surface area contributed by atoms with Gasteiger partial charge in [0, 0.05) is 11.4 Å². The smallest absolute Gasteiger partial charge is 0.116 e. The van der Waals surface area contributed by atoms with Crippen molar-refractivity contribution in [3.8, 4) is 10.4 Å². The first-order valence-electron chi connectivity index (χ1n) is 7.32. The highest BCUT2D eigenvalue weighted by Crippen LogP contribution is 2.32. The van der Waals surface area contributed by atoms with Crippen LogP contribution in [0.15, 0.2) is 36.7 Å². The number of hydrogen-bond donors (Lipinski definition) is 0. The zero-order chi connectivity index (χ0) is 14.1. The van der Waals surface area contributed by atoms with E-state index < -0.39 is 0 Å². The van der Waals surface area contributed by atoms with Gasteiger partial charge in [-0.3, -0.25) is 4.90 Å². The molecule has 4 rings (SSSR count). The molecule has 1 fully saturated rings. The van der Waals surface area contributed by atoms with Gasteiger partial charge in [-0.25, -0.2) is 9.97 Å². The number of hydrogen-bond acceptors (Lipinski definition) is 4. The lowest BCUT2D eigenvalue weighted by atomic mass is 10.1. The van der Waals surface area contributed by atoms with E-state index >= 15 is 0 Å². The molecule has 1 saturated heterocycles. The Labute approximate surface area is 128 Å². The zero-order valence-corrected chi connectivity index (χ0v) is 12.6. The predicted octanol–water partition coefficient (Wildman–Crippen LogP) is 3.75. The fraction of sp³-hybridized carbons (Fsp3) is 0.294. The lowest BCUT2D eigenvalue weighted by Gasteiger charge is -2.14. The van der Waals surface area contributed by atoms with Gasteiger partial charge in [-0.2, -0.15) is 0 Å². The van der Waals surface area contributed by atoms with E-state index in [1.54, 1.807) is 17.7 Å². The van der Waals surface area contributed by atoms with Crippen molar-refractivity contribution in [1.29, 1.82) is 0 Å². The van der Waals surface area contributed by atoms with Gasteiger partial charge in [0.05, 0.1) is 10.2 Å². The molecule has 0 unspecified atom stereocenters. The second-order valence-corrected chi connectivity index (χ2v) is 6.55. The number of aromatic nitrogens is 2. The highest BCUT2D eigenvalue weighted by Gasteiger charge is 2.12. The van der Waals surface area contributed by atoms with E-state index in [1.165, 1.54) is 41.9 Å². The maximum Gasteiger partial charge on any atom is 0.116 e. The van der Waals surface area contributed by atoms with Gasteiger partial charge in [0.25, 0.3) is 0 Å². The van der Waals surface area contributed by atoms with Gasteiger partial charge in [-0.15, -0.1) is 11.3 Å². The Kier molecular flexibility index (Phi) is 3.41. The fourth-order valence-corrected chi connectivity index (χ4v) is 3.85. The largest absolute Gasteiger partial charge is 0.299 e. The third kappa shape index (κ3) is 2.69. The van der Waals surface area contributed by atoms with Crippen LogP contribution >= 0.6 is 11.3 Å². The predicted molar refractivity (Wildman–Crippen MR) is 86.2 cm³/mol. The molecule has 0 amide bonds. The van der Waals surface area contributed by atoms with Crippen molar-refractivity contribution in [3.63, 3.8) is 0 Å². The second-order valence-electron chi connectivity index (χ2n) is 5.49. The molecule has 1 aliphatic rings. The van der Waals surface area contributed by atoms with Crippen LogP contribution in [0.2, 0.25) is 0 Å². The van der Waals surface area contributed by atoms with Crippen LogP contribution in [0.1, 0.15) is 18.4 Å². The van der Waals surface area contributed by atoms with Gasteiger partial charge in [0.2, 0.25) is 0 Å². The Morgan fingerprint density at radius 2 is 2.10 bits per heavy atom. The minimum Gasteiger partial charge on any atom is -0.299 e. The Morgan fingerprint density at radius 1 is 1.19 bits per heavy atom. The average molecular weight is 294 g/mol. The van der Waals surface area contributed by atoms with Crippen molar-refractivity contribution in [2.45, 2.75) is 19.4 Å². The summed E-state index contributed by atoms with van der Waals surface area (Å²) < 4.78 is 1.03. The van der Waals surface area contributed by atoms with Crippen molar-refractivity contribution >= 4 is 21.6 Å². The summed E-state index contributed by atoms with van der Waals surface area (Å²) >= 11 is 1.71. The fourth-order valence-electron chi connectivity index (χ4n) is 2.90. The molecular formula is C17H16N3S. The first kappa shape index (κ1) is 12.9. The van der Waals surface area contributed by atoms with Crippen molar-refractivity contribution in [2.24, 2.45) is 0 Å². The molecule has 1 aliphatic heterocycles. The monoisotopic (exact) mass is 294 g/mol. The molecule has 2 aromatic heterocycles. The SMILES string of the molecule is [c]1ncnc2cc(-c3cccc(CN4CCCC4)c3)sc12. The minimum atomic E-state index is 0.981. The lowest BCUT2D eigenvalue weighted by molar-refractivity contribution is 0.331. The third-order valence-corrected chi connectivity index (χ3v) is 5.03. The minimum absolute atomic E-state index is 0.981. The van der Waals surface area contributed by atoms with Crippen molar-refractivity contribution < 1.29 is 0 Å². The number of fused-ring (bicyclic) bond motifs is 1. The number of thiophene rings is 1. The van der Waals surface area contributed by atoms with Crippen LogP contribution in [0.5, 0.6) is 0 Å². The Bertz CT molecular complexity index is 726. The van der Waals surface area contributed by atoms with Crippen LogP contribution in [0.4, 0.5) is 0 Å². The quantitative estimate of drug-likeness (QED) is 0.736. The van der Waals surface area contributed by atoms with Crippen LogP contribution in [-0.2, 0) is 6.54 Å². The molecule has 3 heterocycles. The zero-order valence-electron chi connectivity index (χ0n) is 11.7. The summed E-state index contributed by atoms with van der Waals surface area (Å²) in [6, 6.07) is 11.0. The molecular weight excluding hydrogens is 278 g/mol.